The summed E-state index contributed by atoms with van der Waals surface area (Å²) in [5.74, 6) is 0. The van der Waals surface area contributed by atoms with Crippen molar-refractivity contribution in [2.75, 3.05) is 27.2 Å². The summed E-state index contributed by atoms with van der Waals surface area (Å²) in [5, 5.41) is 3.28. The van der Waals surface area contributed by atoms with Crippen molar-refractivity contribution in [2.24, 2.45) is 0 Å². The lowest BCUT2D eigenvalue weighted by molar-refractivity contribution is 0.0261. The van der Waals surface area contributed by atoms with Crippen molar-refractivity contribution in [1.29, 1.82) is 0 Å². The zero-order chi connectivity index (χ0) is 14.3. The number of nitrogens with one attached hydrogen (secondary N) is 1. The molecule has 0 aliphatic carbocycles. The number of likely N-dealkylation sites (N-methyl/N-ethyl adjacent to an activating group) is 1. The molecular weight excluding hydrogens is 238 g/mol. The van der Waals surface area contributed by atoms with Crippen molar-refractivity contribution in [3.05, 3.63) is 29.6 Å². The van der Waals surface area contributed by atoms with Crippen LogP contribution < -0.4 is 5.32 Å². The fraction of sp³-hybridized carbons (Fsp3) is 0.667. The maximum Gasteiger partial charge on any atom is 0.0888 e. The molecule has 0 bridgehead atoms. The van der Waals surface area contributed by atoms with Gasteiger partial charge in [-0.25, -0.2) is 0 Å². The average Bonchev–Trinajstić information content (AvgIpc) is 2.36. The molecule has 1 heterocycles. The highest BCUT2D eigenvalue weighted by Crippen LogP contribution is 2.11. The van der Waals surface area contributed by atoms with Gasteiger partial charge in [0.1, 0.15) is 0 Å². The highest BCUT2D eigenvalue weighted by atomic mass is 16.5. The molecule has 108 valence electrons. The van der Waals surface area contributed by atoms with E-state index in [-0.39, 0.29) is 5.54 Å². The lowest BCUT2D eigenvalue weighted by Crippen LogP contribution is -2.42. The molecule has 0 fully saturated rings. The summed E-state index contributed by atoms with van der Waals surface area (Å²) in [6.07, 6.45) is 0. The largest absolute Gasteiger partial charge is 0.373 e. The van der Waals surface area contributed by atoms with E-state index in [4.69, 9.17) is 4.74 Å². The smallest absolute Gasteiger partial charge is 0.0888 e. The predicted octanol–water partition coefficient (Wildman–Crippen LogP) is 2.05. The van der Waals surface area contributed by atoms with Crippen LogP contribution in [0.1, 0.15) is 32.2 Å². The highest BCUT2D eigenvalue weighted by Gasteiger charge is 2.20. The van der Waals surface area contributed by atoms with Crippen molar-refractivity contribution in [1.82, 2.24) is 15.2 Å². The zero-order valence-electron chi connectivity index (χ0n) is 12.9. The Morgan fingerprint density at radius 3 is 2.58 bits per heavy atom. The van der Waals surface area contributed by atoms with Gasteiger partial charge in [0.2, 0.25) is 0 Å². The molecule has 0 radical (unpaired) electrons. The Kier molecular flexibility index (Phi) is 6.42. The minimum Gasteiger partial charge on any atom is -0.373 e. The third-order valence-electron chi connectivity index (χ3n) is 3.34. The quantitative estimate of drug-likeness (QED) is 0.780. The highest BCUT2D eigenvalue weighted by molar-refractivity contribution is 5.10. The Bertz CT molecular complexity index is 377. The number of rotatable bonds is 8. The third kappa shape index (κ3) is 5.68. The molecule has 1 rings (SSSR count). The topological polar surface area (TPSA) is 37.4 Å². The van der Waals surface area contributed by atoms with Crippen LogP contribution in [0.15, 0.2) is 18.2 Å². The first kappa shape index (κ1) is 16.1. The number of ether oxygens (including phenoxy) is 1. The standard InChI is InChI=1S/C15H27N3O/c1-6-16-10-13-8-7-9-14(17-13)11-19-12-15(2,3)18(4)5/h7-9,16H,6,10-12H2,1-5H3. The maximum atomic E-state index is 5.78. The monoisotopic (exact) mass is 265 g/mol. The molecule has 0 aliphatic rings. The van der Waals surface area contributed by atoms with Gasteiger partial charge in [0, 0.05) is 12.1 Å². The van der Waals surface area contributed by atoms with Crippen LogP contribution in [0.2, 0.25) is 0 Å². The summed E-state index contributed by atoms with van der Waals surface area (Å²) in [7, 11) is 4.14. The Labute approximate surface area is 117 Å². The van der Waals surface area contributed by atoms with Crippen LogP contribution in [0.25, 0.3) is 0 Å². The Morgan fingerprint density at radius 1 is 1.26 bits per heavy atom. The molecule has 0 atom stereocenters. The van der Waals surface area contributed by atoms with E-state index in [1.54, 1.807) is 0 Å². The second-order valence-electron chi connectivity index (χ2n) is 5.60. The first-order valence-corrected chi connectivity index (χ1v) is 6.86. The van der Waals surface area contributed by atoms with Gasteiger partial charge in [-0.05, 0) is 46.6 Å². The van der Waals surface area contributed by atoms with E-state index in [9.17, 15) is 0 Å². The second kappa shape index (κ2) is 7.58. The molecule has 0 amide bonds. The number of nitrogens with zero attached hydrogens (tertiary/aromatic N) is 2. The first-order valence-electron chi connectivity index (χ1n) is 6.86. The van der Waals surface area contributed by atoms with E-state index in [1.165, 1.54) is 0 Å². The Hall–Kier alpha value is -0.970. The summed E-state index contributed by atoms with van der Waals surface area (Å²) in [6, 6.07) is 6.09. The van der Waals surface area contributed by atoms with Crippen LogP contribution in [-0.2, 0) is 17.9 Å². The van der Waals surface area contributed by atoms with Crippen molar-refractivity contribution >= 4 is 0 Å². The van der Waals surface area contributed by atoms with Crippen molar-refractivity contribution in [2.45, 2.75) is 39.5 Å². The van der Waals surface area contributed by atoms with Crippen LogP contribution in [0.3, 0.4) is 0 Å². The number of aromatic nitrogens is 1. The van der Waals surface area contributed by atoms with Crippen LogP contribution in [-0.4, -0.2) is 42.7 Å². The second-order valence-corrected chi connectivity index (χ2v) is 5.60. The van der Waals surface area contributed by atoms with Crippen LogP contribution >= 0.6 is 0 Å². The van der Waals surface area contributed by atoms with Crippen LogP contribution in [0.4, 0.5) is 0 Å². The van der Waals surface area contributed by atoms with Crippen molar-refractivity contribution < 1.29 is 4.74 Å². The zero-order valence-corrected chi connectivity index (χ0v) is 12.9. The van der Waals surface area contributed by atoms with E-state index >= 15 is 0 Å². The van der Waals surface area contributed by atoms with Gasteiger partial charge in [0.25, 0.3) is 0 Å². The average molecular weight is 265 g/mol. The molecule has 4 nitrogen and oxygen atoms in total. The van der Waals surface area contributed by atoms with E-state index in [0.29, 0.717) is 13.2 Å². The SMILES string of the molecule is CCNCc1cccc(COCC(C)(C)N(C)C)n1. The Balaban J connectivity index is 2.45. The van der Waals surface area contributed by atoms with Gasteiger partial charge >= 0.3 is 0 Å². The fourth-order valence-corrected chi connectivity index (χ4v) is 1.50. The maximum absolute atomic E-state index is 5.78. The predicted molar refractivity (Wildman–Crippen MR) is 79.0 cm³/mol. The first-order chi connectivity index (χ1) is 8.95. The van der Waals surface area contributed by atoms with Gasteiger partial charge in [0.05, 0.1) is 24.6 Å². The lowest BCUT2D eigenvalue weighted by atomic mass is 10.1. The summed E-state index contributed by atoms with van der Waals surface area (Å²) in [4.78, 5) is 6.74. The van der Waals surface area contributed by atoms with E-state index in [1.807, 2.05) is 18.2 Å². The van der Waals surface area contributed by atoms with Gasteiger partial charge in [-0.15, -0.1) is 0 Å². The summed E-state index contributed by atoms with van der Waals surface area (Å²) in [5.41, 5.74) is 2.10. The molecule has 0 saturated heterocycles. The molecule has 0 spiro atoms. The van der Waals surface area contributed by atoms with Crippen molar-refractivity contribution in [3.8, 4) is 0 Å². The molecule has 4 heteroatoms. The molecule has 1 aromatic rings. The normalized spacial score (nSPS) is 12.1. The van der Waals surface area contributed by atoms with E-state index in [0.717, 1.165) is 24.5 Å². The van der Waals surface area contributed by atoms with Gasteiger partial charge in [-0.1, -0.05) is 13.0 Å². The lowest BCUT2D eigenvalue weighted by Gasteiger charge is -2.32. The van der Waals surface area contributed by atoms with E-state index in [2.05, 4.69) is 50.1 Å². The van der Waals surface area contributed by atoms with Gasteiger partial charge in [-0.2, -0.15) is 0 Å². The molecule has 0 aromatic carbocycles. The minimum absolute atomic E-state index is 0.0430. The van der Waals surface area contributed by atoms with Gasteiger partial charge in [0.15, 0.2) is 0 Å². The molecule has 1 aromatic heterocycles. The molecule has 1 N–H and O–H groups in total. The van der Waals surface area contributed by atoms with E-state index < -0.39 is 0 Å². The summed E-state index contributed by atoms with van der Waals surface area (Å²) >= 11 is 0. The Morgan fingerprint density at radius 2 is 1.95 bits per heavy atom. The molecular formula is C15H27N3O. The number of pyridine rings is 1. The van der Waals surface area contributed by atoms with Gasteiger partial charge in [-0.3, -0.25) is 4.98 Å². The number of hydrogen-bond acceptors (Lipinski definition) is 4. The fourth-order valence-electron chi connectivity index (χ4n) is 1.50. The summed E-state index contributed by atoms with van der Waals surface area (Å²) < 4.78 is 5.78. The minimum atomic E-state index is 0.0430. The molecule has 19 heavy (non-hydrogen) atoms. The molecule has 0 saturated carbocycles. The summed E-state index contributed by atoms with van der Waals surface area (Å²) in [6.45, 7) is 9.46. The number of hydrogen-bond donors (Lipinski definition) is 1. The van der Waals surface area contributed by atoms with Crippen molar-refractivity contribution in [3.63, 3.8) is 0 Å². The third-order valence-corrected chi connectivity index (χ3v) is 3.34. The molecule has 0 aliphatic heterocycles. The van der Waals surface area contributed by atoms with Crippen LogP contribution in [0, 0.1) is 0 Å². The van der Waals surface area contributed by atoms with Crippen LogP contribution in [0.5, 0.6) is 0 Å². The van der Waals surface area contributed by atoms with Gasteiger partial charge < -0.3 is 15.0 Å². The molecule has 0 unspecified atom stereocenters.